The largest absolute Gasteiger partial charge is 0.356 e. The van der Waals surface area contributed by atoms with Crippen molar-refractivity contribution >= 4 is 21.6 Å². The number of amides is 1. The molecule has 0 unspecified atom stereocenters. The zero-order valence-corrected chi connectivity index (χ0v) is 15.4. The summed E-state index contributed by atoms with van der Waals surface area (Å²) >= 11 is 0. The number of nitrogens with one attached hydrogen (secondary N) is 1. The molecular weight excluding hydrogens is 336 g/mol. The first kappa shape index (κ1) is 19.0. The highest BCUT2D eigenvalue weighted by Crippen LogP contribution is 2.18. The van der Waals surface area contributed by atoms with E-state index in [-0.39, 0.29) is 18.9 Å². The molecule has 0 aliphatic heterocycles. The van der Waals surface area contributed by atoms with Crippen LogP contribution in [0.4, 0.5) is 5.69 Å². The van der Waals surface area contributed by atoms with Gasteiger partial charge >= 0.3 is 0 Å². The van der Waals surface area contributed by atoms with Gasteiger partial charge in [0.25, 0.3) is 0 Å². The van der Waals surface area contributed by atoms with Gasteiger partial charge in [-0.3, -0.25) is 9.10 Å². The SMILES string of the molecule is Cc1ccc(N(CCC(=O)NCCc2ccccc2)S(C)(=O)=O)cc1. The maximum Gasteiger partial charge on any atom is 0.232 e. The molecule has 0 bridgehead atoms. The molecule has 0 radical (unpaired) electrons. The number of benzene rings is 2. The van der Waals surface area contributed by atoms with Crippen molar-refractivity contribution in [3.8, 4) is 0 Å². The number of hydrogen-bond acceptors (Lipinski definition) is 3. The van der Waals surface area contributed by atoms with Crippen LogP contribution in [0.1, 0.15) is 17.5 Å². The molecule has 6 heteroatoms. The molecule has 5 nitrogen and oxygen atoms in total. The molecule has 0 spiro atoms. The summed E-state index contributed by atoms with van der Waals surface area (Å²) in [6, 6.07) is 17.1. The average Bonchev–Trinajstić information content (AvgIpc) is 2.56. The van der Waals surface area contributed by atoms with Gasteiger partial charge in [-0.05, 0) is 31.0 Å². The van der Waals surface area contributed by atoms with E-state index >= 15 is 0 Å². The lowest BCUT2D eigenvalue weighted by atomic mass is 10.1. The Bertz CT molecular complexity index is 787. The second-order valence-electron chi connectivity index (χ2n) is 6.01. The van der Waals surface area contributed by atoms with Crippen LogP contribution in [-0.4, -0.2) is 33.7 Å². The number of carbonyl (C=O) groups is 1. The number of sulfonamides is 1. The van der Waals surface area contributed by atoms with Gasteiger partial charge in [0.15, 0.2) is 0 Å². The number of carbonyl (C=O) groups excluding carboxylic acids is 1. The predicted octanol–water partition coefficient (Wildman–Crippen LogP) is 2.51. The summed E-state index contributed by atoms with van der Waals surface area (Å²) in [5.74, 6) is -0.156. The Labute approximate surface area is 149 Å². The van der Waals surface area contributed by atoms with Crippen LogP contribution in [0.5, 0.6) is 0 Å². The number of aryl methyl sites for hydroxylation is 1. The second kappa shape index (κ2) is 8.67. The summed E-state index contributed by atoms with van der Waals surface area (Å²) in [7, 11) is -3.44. The minimum atomic E-state index is -3.44. The van der Waals surface area contributed by atoms with Crippen molar-refractivity contribution in [2.75, 3.05) is 23.7 Å². The predicted molar refractivity (Wildman–Crippen MR) is 101 cm³/mol. The molecule has 25 heavy (non-hydrogen) atoms. The normalized spacial score (nSPS) is 11.1. The summed E-state index contributed by atoms with van der Waals surface area (Å²) in [6.45, 7) is 2.60. The van der Waals surface area contributed by atoms with Gasteiger partial charge in [0.05, 0.1) is 11.9 Å². The van der Waals surface area contributed by atoms with Crippen LogP contribution in [0.25, 0.3) is 0 Å². The lowest BCUT2D eigenvalue weighted by Gasteiger charge is -2.22. The second-order valence-corrected chi connectivity index (χ2v) is 7.91. The molecule has 1 amide bonds. The first-order chi connectivity index (χ1) is 11.9. The van der Waals surface area contributed by atoms with Gasteiger partial charge in [-0.25, -0.2) is 8.42 Å². The van der Waals surface area contributed by atoms with Gasteiger partial charge in [-0.15, -0.1) is 0 Å². The highest BCUT2D eigenvalue weighted by Gasteiger charge is 2.18. The van der Waals surface area contributed by atoms with Crippen molar-refractivity contribution in [3.05, 3.63) is 65.7 Å². The van der Waals surface area contributed by atoms with Crippen LogP contribution < -0.4 is 9.62 Å². The van der Waals surface area contributed by atoms with Crippen LogP contribution in [0.3, 0.4) is 0 Å². The molecule has 2 aromatic rings. The first-order valence-electron chi connectivity index (χ1n) is 8.21. The van der Waals surface area contributed by atoms with E-state index in [0.717, 1.165) is 23.8 Å². The molecule has 0 saturated heterocycles. The topological polar surface area (TPSA) is 66.5 Å². The summed E-state index contributed by atoms with van der Waals surface area (Å²) < 4.78 is 25.3. The number of hydrogen-bond donors (Lipinski definition) is 1. The molecule has 0 aliphatic rings. The van der Waals surface area contributed by atoms with Gasteiger partial charge < -0.3 is 5.32 Å². The zero-order valence-electron chi connectivity index (χ0n) is 14.6. The lowest BCUT2D eigenvalue weighted by Crippen LogP contribution is -2.35. The van der Waals surface area contributed by atoms with Crippen LogP contribution in [0, 0.1) is 6.92 Å². The van der Waals surface area contributed by atoms with E-state index in [2.05, 4.69) is 5.32 Å². The minimum Gasteiger partial charge on any atom is -0.356 e. The van der Waals surface area contributed by atoms with Gasteiger partial charge in [0.2, 0.25) is 15.9 Å². The Hall–Kier alpha value is -2.34. The van der Waals surface area contributed by atoms with E-state index in [9.17, 15) is 13.2 Å². The van der Waals surface area contributed by atoms with Crippen LogP contribution in [0.15, 0.2) is 54.6 Å². The van der Waals surface area contributed by atoms with Crippen LogP contribution in [0.2, 0.25) is 0 Å². The Kier molecular flexibility index (Phi) is 6.58. The van der Waals surface area contributed by atoms with Crippen molar-refractivity contribution in [1.82, 2.24) is 5.32 Å². The monoisotopic (exact) mass is 360 g/mol. The molecule has 0 aliphatic carbocycles. The minimum absolute atomic E-state index is 0.121. The fourth-order valence-electron chi connectivity index (χ4n) is 2.48. The molecule has 2 aromatic carbocycles. The Morgan fingerprint density at radius 2 is 1.68 bits per heavy atom. The summed E-state index contributed by atoms with van der Waals surface area (Å²) in [5.41, 5.74) is 2.78. The van der Waals surface area contributed by atoms with Crippen LogP contribution >= 0.6 is 0 Å². The standard InChI is InChI=1S/C19H24N2O3S/c1-16-8-10-18(11-9-16)21(25(2,23)24)15-13-19(22)20-14-12-17-6-4-3-5-7-17/h3-11H,12-15H2,1-2H3,(H,20,22). The van der Waals surface area contributed by atoms with Crippen molar-refractivity contribution in [2.24, 2.45) is 0 Å². The maximum atomic E-state index is 12.0. The molecule has 2 rings (SSSR count). The highest BCUT2D eigenvalue weighted by atomic mass is 32.2. The maximum absolute atomic E-state index is 12.0. The summed E-state index contributed by atoms with van der Waals surface area (Å²) in [6.07, 6.45) is 2.02. The third-order valence-corrected chi connectivity index (χ3v) is 5.04. The molecule has 0 aromatic heterocycles. The van der Waals surface area contributed by atoms with Crippen LogP contribution in [-0.2, 0) is 21.2 Å². The Morgan fingerprint density at radius 3 is 2.28 bits per heavy atom. The van der Waals surface area contributed by atoms with Crippen molar-refractivity contribution in [3.63, 3.8) is 0 Å². The van der Waals surface area contributed by atoms with Gasteiger partial charge in [0, 0.05) is 19.5 Å². The van der Waals surface area contributed by atoms with Gasteiger partial charge in [-0.1, -0.05) is 48.0 Å². The quantitative estimate of drug-likeness (QED) is 0.787. The molecular formula is C19H24N2O3S. The molecule has 134 valence electrons. The fraction of sp³-hybridized carbons (Fsp3) is 0.316. The first-order valence-corrected chi connectivity index (χ1v) is 10.1. The third-order valence-electron chi connectivity index (χ3n) is 3.84. The number of anilines is 1. The number of rotatable bonds is 8. The molecule has 0 fully saturated rings. The van der Waals surface area contributed by atoms with E-state index in [0.29, 0.717) is 12.2 Å². The van der Waals surface area contributed by atoms with Crippen molar-refractivity contribution in [1.29, 1.82) is 0 Å². The lowest BCUT2D eigenvalue weighted by molar-refractivity contribution is -0.120. The highest BCUT2D eigenvalue weighted by molar-refractivity contribution is 7.92. The molecule has 0 heterocycles. The van der Waals surface area contributed by atoms with E-state index < -0.39 is 10.0 Å². The Morgan fingerprint density at radius 1 is 1.04 bits per heavy atom. The third kappa shape index (κ3) is 6.23. The number of nitrogens with zero attached hydrogens (tertiary/aromatic N) is 1. The van der Waals surface area contributed by atoms with E-state index in [4.69, 9.17) is 0 Å². The average molecular weight is 360 g/mol. The molecule has 1 N–H and O–H groups in total. The zero-order chi connectivity index (χ0) is 18.3. The Balaban J connectivity index is 1.87. The molecule has 0 atom stereocenters. The van der Waals surface area contributed by atoms with Crippen molar-refractivity contribution < 1.29 is 13.2 Å². The van der Waals surface area contributed by atoms with E-state index in [1.807, 2.05) is 49.4 Å². The smallest absolute Gasteiger partial charge is 0.232 e. The van der Waals surface area contributed by atoms with E-state index in [1.165, 1.54) is 4.31 Å². The van der Waals surface area contributed by atoms with Gasteiger partial charge in [-0.2, -0.15) is 0 Å². The van der Waals surface area contributed by atoms with Crippen molar-refractivity contribution in [2.45, 2.75) is 19.8 Å². The summed E-state index contributed by atoms with van der Waals surface area (Å²) in [4.78, 5) is 12.0. The summed E-state index contributed by atoms with van der Waals surface area (Å²) in [5, 5.41) is 2.84. The fourth-order valence-corrected chi connectivity index (χ4v) is 3.41. The van der Waals surface area contributed by atoms with E-state index in [1.54, 1.807) is 12.1 Å². The molecule has 0 saturated carbocycles. The van der Waals surface area contributed by atoms with Gasteiger partial charge in [0.1, 0.15) is 0 Å².